The highest BCUT2D eigenvalue weighted by Crippen LogP contribution is 2.29. The molecule has 1 fully saturated rings. The molecule has 1 aromatic rings. The normalized spacial score (nSPS) is 18.8. The second-order valence-electron chi connectivity index (χ2n) is 5.41. The molecule has 2 nitrogen and oxygen atoms in total. The van der Waals surface area contributed by atoms with E-state index in [-0.39, 0.29) is 17.9 Å². The van der Waals surface area contributed by atoms with Crippen molar-refractivity contribution < 1.29 is 4.79 Å². The van der Waals surface area contributed by atoms with Gasteiger partial charge in [0.1, 0.15) is 0 Å². The molecule has 1 saturated carbocycles. The van der Waals surface area contributed by atoms with Crippen LogP contribution in [0.2, 0.25) is 0 Å². The first-order valence-corrected chi connectivity index (χ1v) is 7.07. The van der Waals surface area contributed by atoms with Gasteiger partial charge in [-0.15, -0.1) is 0 Å². The van der Waals surface area contributed by atoms with E-state index in [4.69, 9.17) is 0 Å². The molecule has 1 aliphatic carbocycles. The van der Waals surface area contributed by atoms with E-state index in [0.29, 0.717) is 5.92 Å². The van der Waals surface area contributed by atoms with Gasteiger partial charge in [-0.05, 0) is 24.3 Å². The third kappa shape index (κ3) is 2.92. The van der Waals surface area contributed by atoms with Crippen molar-refractivity contribution in [3.8, 4) is 0 Å². The molecule has 0 aliphatic heterocycles. The van der Waals surface area contributed by atoms with Crippen molar-refractivity contribution in [2.75, 3.05) is 0 Å². The first-order chi connectivity index (χ1) is 8.72. The lowest BCUT2D eigenvalue weighted by molar-refractivity contribution is -0.128. The van der Waals surface area contributed by atoms with Crippen molar-refractivity contribution in [2.24, 2.45) is 11.8 Å². The second kappa shape index (κ2) is 6.03. The van der Waals surface area contributed by atoms with E-state index in [0.717, 1.165) is 19.3 Å². The van der Waals surface area contributed by atoms with Gasteiger partial charge in [0.15, 0.2) is 0 Å². The summed E-state index contributed by atoms with van der Waals surface area (Å²) in [5, 5.41) is 3.25. The van der Waals surface area contributed by atoms with E-state index in [9.17, 15) is 4.79 Å². The van der Waals surface area contributed by atoms with Crippen LogP contribution in [-0.4, -0.2) is 5.91 Å². The lowest BCUT2D eigenvalue weighted by Crippen LogP contribution is -2.39. The SMILES string of the molecule is CCC(C)[C@H](NC(=O)C1CCC1)c1ccccc1. The summed E-state index contributed by atoms with van der Waals surface area (Å²) in [6.07, 6.45) is 4.41. The van der Waals surface area contributed by atoms with E-state index in [1.54, 1.807) is 0 Å². The molecule has 1 aromatic carbocycles. The van der Waals surface area contributed by atoms with Gasteiger partial charge in [0.2, 0.25) is 5.91 Å². The van der Waals surface area contributed by atoms with E-state index in [2.05, 4.69) is 31.3 Å². The fourth-order valence-corrected chi connectivity index (χ4v) is 2.39. The van der Waals surface area contributed by atoms with Crippen LogP contribution in [0, 0.1) is 11.8 Å². The largest absolute Gasteiger partial charge is 0.349 e. The van der Waals surface area contributed by atoms with Crippen molar-refractivity contribution >= 4 is 5.91 Å². The highest BCUT2D eigenvalue weighted by Gasteiger charge is 2.28. The highest BCUT2D eigenvalue weighted by molar-refractivity contribution is 5.79. The molecule has 2 atom stereocenters. The summed E-state index contributed by atoms with van der Waals surface area (Å²) in [6.45, 7) is 4.38. The first kappa shape index (κ1) is 13.1. The zero-order valence-corrected chi connectivity index (χ0v) is 11.4. The first-order valence-electron chi connectivity index (χ1n) is 7.07. The molecule has 98 valence electrons. The molecule has 0 radical (unpaired) electrons. The smallest absolute Gasteiger partial charge is 0.223 e. The van der Waals surface area contributed by atoms with E-state index in [1.807, 2.05) is 18.2 Å². The number of nitrogens with one attached hydrogen (secondary N) is 1. The number of carbonyl (C=O) groups is 1. The monoisotopic (exact) mass is 245 g/mol. The molecular formula is C16H23NO. The molecular weight excluding hydrogens is 222 g/mol. The fourth-order valence-electron chi connectivity index (χ4n) is 2.39. The third-order valence-electron chi connectivity index (χ3n) is 4.15. The average molecular weight is 245 g/mol. The molecule has 1 amide bonds. The van der Waals surface area contributed by atoms with Gasteiger partial charge in [-0.3, -0.25) is 4.79 Å². The lowest BCUT2D eigenvalue weighted by atomic mass is 9.83. The Morgan fingerprint density at radius 1 is 1.33 bits per heavy atom. The Hall–Kier alpha value is -1.31. The van der Waals surface area contributed by atoms with Crippen LogP contribution in [0.5, 0.6) is 0 Å². The van der Waals surface area contributed by atoms with Crippen LogP contribution in [0.1, 0.15) is 51.1 Å². The Morgan fingerprint density at radius 3 is 2.50 bits per heavy atom. The maximum absolute atomic E-state index is 12.1. The molecule has 1 unspecified atom stereocenters. The van der Waals surface area contributed by atoms with Gasteiger partial charge in [-0.2, -0.15) is 0 Å². The molecule has 1 aliphatic rings. The zero-order chi connectivity index (χ0) is 13.0. The van der Waals surface area contributed by atoms with Crippen molar-refractivity contribution in [3.63, 3.8) is 0 Å². The number of hydrogen-bond donors (Lipinski definition) is 1. The standard InChI is InChI=1S/C16H23NO/c1-3-12(2)15(13-8-5-4-6-9-13)17-16(18)14-10-7-11-14/h4-6,8-9,12,14-15H,3,7,10-11H2,1-2H3,(H,17,18)/t12?,15-/m0/s1. The summed E-state index contributed by atoms with van der Waals surface area (Å²) in [5.74, 6) is 0.979. The Kier molecular flexibility index (Phi) is 4.40. The number of hydrogen-bond acceptors (Lipinski definition) is 1. The molecule has 0 spiro atoms. The van der Waals surface area contributed by atoms with Gasteiger partial charge >= 0.3 is 0 Å². The summed E-state index contributed by atoms with van der Waals surface area (Å²) in [4.78, 5) is 12.1. The van der Waals surface area contributed by atoms with Crippen molar-refractivity contribution in [1.82, 2.24) is 5.32 Å². The Bertz CT molecular complexity index is 383. The van der Waals surface area contributed by atoms with Gasteiger partial charge < -0.3 is 5.32 Å². The van der Waals surface area contributed by atoms with Crippen LogP contribution in [0.3, 0.4) is 0 Å². The summed E-state index contributed by atoms with van der Waals surface area (Å²) in [5.41, 5.74) is 1.22. The van der Waals surface area contributed by atoms with Gasteiger partial charge in [0.25, 0.3) is 0 Å². The van der Waals surface area contributed by atoms with Crippen molar-refractivity contribution in [1.29, 1.82) is 0 Å². The van der Waals surface area contributed by atoms with E-state index >= 15 is 0 Å². The van der Waals surface area contributed by atoms with E-state index in [1.165, 1.54) is 12.0 Å². The van der Waals surface area contributed by atoms with Crippen LogP contribution >= 0.6 is 0 Å². The Balaban J connectivity index is 2.07. The molecule has 0 heterocycles. The molecule has 0 aromatic heterocycles. The molecule has 2 heteroatoms. The van der Waals surface area contributed by atoms with Gasteiger partial charge in [0.05, 0.1) is 6.04 Å². The van der Waals surface area contributed by atoms with Crippen LogP contribution in [0.4, 0.5) is 0 Å². The molecule has 18 heavy (non-hydrogen) atoms. The molecule has 0 saturated heterocycles. The summed E-state index contributed by atoms with van der Waals surface area (Å²) in [7, 11) is 0. The predicted octanol–water partition coefficient (Wildman–Crippen LogP) is 3.69. The van der Waals surface area contributed by atoms with Gasteiger partial charge in [-0.25, -0.2) is 0 Å². The van der Waals surface area contributed by atoms with Crippen LogP contribution in [0.15, 0.2) is 30.3 Å². The number of amides is 1. The maximum Gasteiger partial charge on any atom is 0.223 e. The number of benzene rings is 1. The van der Waals surface area contributed by atoms with Crippen molar-refractivity contribution in [3.05, 3.63) is 35.9 Å². The highest BCUT2D eigenvalue weighted by atomic mass is 16.2. The summed E-state index contributed by atoms with van der Waals surface area (Å²) in [6, 6.07) is 10.5. The van der Waals surface area contributed by atoms with Gasteiger partial charge in [0, 0.05) is 5.92 Å². The summed E-state index contributed by atoms with van der Waals surface area (Å²) < 4.78 is 0. The Labute approximate surface area is 110 Å². The molecule has 1 N–H and O–H groups in total. The maximum atomic E-state index is 12.1. The lowest BCUT2D eigenvalue weighted by Gasteiger charge is -2.30. The zero-order valence-electron chi connectivity index (χ0n) is 11.4. The average Bonchev–Trinajstić information content (AvgIpc) is 2.34. The minimum absolute atomic E-state index is 0.157. The topological polar surface area (TPSA) is 29.1 Å². The number of rotatable bonds is 5. The third-order valence-corrected chi connectivity index (χ3v) is 4.15. The molecule has 2 rings (SSSR count). The predicted molar refractivity (Wildman–Crippen MR) is 74.1 cm³/mol. The molecule has 0 bridgehead atoms. The van der Waals surface area contributed by atoms with E-state index < -0.39 is 0 Å². The summed E-state index contributed by atoms with van der Waals surface area (Å²) >= 11 is 0. The van der Waals surface area contributed by atoms with Crippen molar-refractivity contribution in [2.45, 2.75) is 45.6 Å². The quantitative estimate of drug-likeness (QED) is 0.842. The van der Waals surface area contributed by atoms with Gasteiger partial charge in [-0.1, -0.05) is 57.0 Å². The Morgan fingerprint density at radius 2 is 2.00 bits per heavy atom. The van der Waals surface area contributed by atoms with Crippen LogP contribution in [-0.2, 0) is 4.79 Å². The minimum Gasteiger partial charge on any atom is -0.349 e. The second-order valence-corrected chi connectivity index (χ2v) is 5.41. The number of carbonyl (C=O) groups excluding carboxylic acids is 1. The minimum atomic E-state index is 0.157. The fraction of sp³-hybridized carbons (Fsp3) is 0.562. The van der Waals surface area contributed by atoms with Crippen LogP contribution in [0.25, 0.3) is 0 Å². The van der Waals surface area contributed by atoms with Crippen LogP contribution < -0.4 is 5.32 Å².